The zero-order chi connectivity index (χ0) is 19.8. The minimum absolute atomic E-state index is 0.0645. The molecule has 1 heterocycles. The summed E-state index contributed by atoms with van der Waals surface area (Å²) in [5.41, 5.74) is -0.207. The first-order valence-electron chi connectivity index (χ1n) is 9.65. The van der Waals surface area contributed by atoms with Crippen molar-refractivity contribution in [2.45, 2.75) is 34.1 Å². The third kappa shape index (κ3) is 7.56. The highest BCUT2D eigenvalue weighted by Gasteiger charge is 2.27. The van der Waals surface area contributed by atoms with E-state index in [1.165, 1.54) is 0 Å². The Morgan fingerprint density at radius 1 is 0.815 bits per heavy atom. The maximum absolute atomic E-state index is 9.80. The second kappa shape index (κ2) is 10.2. The van der Waals surface area contributed by atoms with Crippen LogP contribution in [0.5, 0.6) is 17.2 Å². The summed E-state index contributed by atoms with van der Waals surface area (Å²) >= 11 is 0. The van der Waals surface area contributed by atoms with Gasteiger partial charge in [-0.05, 0) is 18.6 Å². The van der Waals surface area contributed by atoms with E-state index in [1.807, 2.05) is 0 Å². The monoisotopic (exact) mass is 382 g/mol. The van der Waals surface area contributed by atoms with Crippen molar-refractivity contribution < 1.29 is 28.8 Å². The molecule has 0 bridgehead atoms. The van der Waals surface area contributed by atoms with Crippen LogP contribution in [-0.2, 0) is 14.2 Å². The zero-order valence-corrected chi connectivity index (χ0v) is 17.1. The van der Waals surface area contributed by atoms with Crippen molar-refractivity contribution >= 4 is 0 Å². The smallest absolute Gasteiger partial charge is 0.164 e. The van der Waals surface area contributed by atoms with E-state index in [0.717, 1.165) is 6.42 Å². The topological polar surface area (TPSA) is 66.4 Å². The van der Waals surface area contributed by atoms with Gasteiger partial charge in [0.15, 0.2) is 11.5 Å². The molecule has 6 nitrogen and oxygen atoms in total. The van der Waals surface area contributed by atoms with Crippen LogP contribution in [0.1, 0.15) is 34.1 Å². The summed E-state index contributed by atoms with van der Waals surface area (Å²) in [5, 5.41) is 9.80. The summed E-state index contributed by atoms with van der Waals surface area (Å²) in [7, 11) is 0. The Balaban J connectivity index is 2.09. The number of rotatable bonds is 1. The van der Waals surface area contributed by atoms with Crippen LogP contribution in [0.4, 0.5) is 0 Å². The van der Waals surface area contributed by atoms with Gasteiger partial charge in [-0.1, -0.05) is 27.7 Å². The second-order valence-corrected chi connectivity index (χ2v) is 8.25. The standard InChI is InChI=1S/C21H34O6/c1-5-21(4)15-25-14-20(2,3)13-24-9-8-23-10-11-26-18-7-6-17(22)12-19(18)27-16-21/h6-7,12,22H,5,8-11,13-16H2,1-4H3. The summed E-state index contributed by atoms with van der Waals surface area (Å²) in [6.07, 6.45) is 0.909. The third-order valence-corrected chi connectivity index (χ3v) is 4.65. The fraction of sp³-hybridized carbons (Fsp3) is 0.714. The van der Waals surface area contributed by atoms with Gasteiger partial charge in [0.25, 0.3) is 0 Å². The van der Waals surface area contributed by atoms with Crippen LogP contribution in [0.3, 0.4) is 0 Å². The number of fused-ring (bicyclic) bond motifs is 1. The van der Waals surface area contributed by atoms with Crippen molar-refractivity contribution in [2.24, 2.45) is 10.8 Å². The predicted octanol–water partition coefficient (Wildman–Crippen LogP) is 3.66. The van der Waals surface area contributed by atoms with Gasteiger partial charge < -0.3 is 28.8 Å². The van der Waals surface area contributed by atoms with Crippen LogP contribution in [-0.4, -0.2) is 58.0 Å². The molecule has 0 saturated heterocycles. The molecule has 0 aromatic heterocycles. The van der Waals surface area contributed by atoms with Crippen LogP contribution in [0.2, 0.25) is 0 Å². The lowest BCUT2D eigenvalue weighted by atomic mass is 9.89. The molecule has 1 unspecified atom stereocenters. The van der Waals surface area contributed by atoms with Crippen LogP contribution in [0, 0.1) is 10.8 Å². The summed E-state index contributed by atoms with van der Waals surface area (Å²) < 4.78 is 29.1. The SMILES string of the molecule is CCC1(C)COCC(C)(C)COCCOCCOc2ccc(O)cc2OC1. The van der Waals surface area contributed by atoms with Crippen molar-refractivity contribution in [2.75, 3.05) is 52.9 Å². The average Bonchev–Trinajstić information content (AvgIpc) is 2.62. The fourth-order valence-corrected chi connectivity index (χ4v) is 2.62. The molecule has 2 rings (SSSR count). The molecule has 0 saturated carbocycles. The lowest BCUT2D eigenvalue weighted by Gasteiger charge is -2.31. The van der Waals surface area contributed by atoms with Crippen molar-refractivity contribution in [3.05, 3.63) is 18.2 Å². The van der Waals surface area contributed by atoms with Gasteiger partial charge in [0.05, 0.1) is 46.2 Å². The van der Waals surface area contributed by atoms with E-state index < -0.39 is 0 Å². The van der Waals surface area contributed by atoms with Crippen molar-refractivity contribution in [3.63, 3.8) is 0 Å². The van der Waals surface area contributed by atoms with Gasteiger partial charge >= 0.3 is 0 Å². The Morgan fingerprint density at radius 3 is 2.30 bits per heavy atom. The van der Waals surface area contributed by atoms with Gasteiger partial charge in [0.2, 0.25) is 0 Å². The maximum atomic E-state index is 9.80. The molecule has 1 aliphatic heterocycles. The molecule has 6 heteroatoms. The molecule has 1 aliphatic rings. The highest BCUT2D eigenvalue weighted by Crippen LogP contribution is 2.33. The van der Waals surface area contributed by atoms with Gasteiger partial charge in [0.1, 0.15) is 12.4 Å². The lowest BCUT2D eigenvalue weighted by molar-refractivity contribution is -0.0460. The predicted molar refractivity (Wildman–Crippen MR) is 104 cm³/mol. The fourth-order valence-electron chi connectivity index (χ4n) is 2.62. The Kier molecular flexibility index (Phi) is 8.20. The van der Waals surface area contributed by atoms with Gasteiger partial charge in [-0.25, -0.2) is 0 Å². The molecule has 0 amide bonds. The van der Waals surface area contributed by atoms with E-state index in [1.54, 1.807) is 18.2 Å². The van der Waals surface area contributed by atoms with Crippen molar-refractivity contribution in [3.8, 4) is 17.2 Å². The largest absolute Gasteiger partial charge is 0.508 e. The van der Waals surface area contributed by atoms with E-state index in [9.17, 15) is 5.11 Å². The Morgan fingerprint density at radius 2 is 1.52 bits per heavy atom. The summed E-state index contributed by atoms with van der Waals surface area (Å²) in [4.78, 5) is 0. The first kappa shape index (κ1) is 21.8. The van der Waals surface area contributed by atoms with Crippen LogP contribution in [0.15, 0.2) is 18.2 Å². The second-order valence-electron chi connectivity index (χ2n) is 8.25. The first-order valence-corrected chi connectivity index (χ1v) is 9.65. The minimum atomic E-state index is -0.142. The Hall–Kier alpha value is -1.50. The van der Waals surface area contributed by atoms with E-state index in [0.29, 0.717) is 64.4 Å². The van der Waals surface area contributed by atoms with Gasteiger partial charge in [-0.15, -0.1) is 0 Å². The first-order chi connectivity index (χ1) is 12.8. The number of phenols is 1. The number of benzene rings is 1. The van der Waals surface area contributed by atoms with E-state index in [2.05, 4.69) is 27.7 Å². The van der Waals surface area contributed by atoms with Crippen LogP contribution >= 0.6 is 0 Å². The van der Waals surface area contributed by atoms with E-state index in [4.69, 9.17) is 23.7 Å². The van der Waals surface area contributed by atoms with Crippen molar-refractivity contribution in [1.82, 2.24) is 0 Å². The van der Waals surface area contributed by atoms with Gasteiger partial charge in [0, 0.05) is 16.9 Å². The number of hydrogen-bond acceptors (Lipinski definition) is 6. The summed E-state index contributed by atoms with van der Waals surface area (Å²) in [5.74, 6) is 1.27. The minimum Gasteiger partial charge on any atom is -0.508 e. The lowest BCUT2D eigenvalue weighted by Crippen LogP contribution is -2.33. The highest BCUT2D eigenvalue weighted by molar-refractivity contribution is 5.45. The van der Waals surface area contributed by atoms with Gasteiger partial charge in [-0.2, -0.15) is 0 Å². The maximum Gasteiger partial charge on any atom is 0.164 e. The quantitative estimate of drug-likeness (QED) is 0.800. The third-order valence-electron chi connectivity index (χ3n) is 4.65. The summed E-state index contributed by atoms with van der Waals surface area (Å²) in [6, 6.07) is 4.88. The molecule has 1 atom stereocenters. The molecule has 27 heavy (non-hydrogen) atoms. The molecule has 1 aromatic rings. The van der Waals surface area contributed by atoms with Crippen LogP contribution in [0.25, 0.3) is 0 Å². The van der Waals surface area contributed by atoms with E-state index >= 15 is 0 Å². The molecule has 0 radical (unpaired) electrons. The number of phenolic OH excluding ortho intramolecular Hbond substituents is 1. The molecule has 0 aliphatic carbocycles. The molecule has 154 valence electrons. The molecule has 1 N–H and O–H groups in total. The molecule has 1 aromatic carbocycles. The van der Waals surface area contributed by atoms with E-state index in [-0.39, 0.29) is 16.6 Å². The van der Waals surface area contributed by atoms with Crippen LogP contribution < -0.4 is 9.47 Å². The molecule has 0 spiro atoms. The normalized spacial score (nSPS) is 25.5. The average molecular weight is 382 g/mol. The number of ether oxygens (including phenoxy) is 5. The highest BCUT2D eigenvalue weighted by atomic mass is 16.6. The Bertz CT molecular complexity index is 574. The summed E-state index contributed by atoms with van der Waals surface area (Å²) in [6.45, 7) is 12.8. The number of aromatic hydroxyl groups is 1. The molecular weight excluding hydrogens is 348 g/mol. The Labute approximate surface area is 162 Å². The van der Waals surface area contributed by atoms with Gasteiger partial charge in [-0.3, -0.25) is 0 Å². The zero-order valence-electron chi connectivity index (χ0n) is 17.1. The molecular formula is C21H34O6. The van der Waals surface area contributed by atoms with Crippen molar-refractivity contribution in [1.29, 1.82) is 0 Å². The number of hydrogen-bond donors (Lipinski definition) is 1. The molecule has 0 fully saturated rings.